The zero-order valence-electron chi connectivity index (χ0n) is 16.7. The third-order valence-corrected chi connectivity index (χ3v) is 5.10. The molecule has 1 fully saturated rings. The summed E-state index contributed by atoms with van der Waals surface area (Å²) in [5, 5.41) is 0. The van der Waals surface area contributed by atoms with Gasteiger partial charge in [-0.3, -0.25) is 9.59 Å². The number of aromatic nitrogens is 1. The Bertz CT molecular complexity index is 852. The van der Waals surface area contributed by atoms with E-state index >= 15 is 0 Å². The number of unbranched alkanes of at least 4 members (excludes halogenated alkanes) is 1. The molecule has 6 nitrogen and oxygen atoms in total. The Balaban J connectivity index is 1.89. The lowest BCUT2D eigenvalue weighted by Crippen LogP contribution is -2.58. The van der Waals surface area contributed by atoms with Crippen LogP contribution in [-0.2, 0) is 4.79 Å². The number of hydrogen-bond donors (Lipinski definition) is 0. The van der Waals surface area contributed by atoms with E-state index in [4.69, 9.17) is 4.74 Å². The Hall–Kier alpha value is -2.89. The standard InChI is InChI=1S/C22H27N3O3/c1-4-5-9-18-14-24(17-10-6-8-16(2)13-17)20(26)15-25(18)22(27)19-11-7-12-23-21(19)28-3/h6-8,10-13,18H,4-5,9,14-15H2,1-3H3/t18-/m0/s1. The van der Waals surface area contributed by atoms with Crippen LogP contribution in [0.3, 0.4) is 0 Å². The number of ether oxygens (including phenoxy) is 1. The van der Waals surface area contributed by atoms with E-state index in [1.54, 1.807) is 28.1 Å². The van der Waals surface area contributed by atoms with E-state index in [0.29, 0.717) is 12.1 Å². The molecule has 6 heteroatoms. The van der Waals surface area contributed by atoms with Crippen LogP contribution >= 0.6 is 0 Å². The molecule has 2 aromatic rings. The zero-order valence-corrected chi connectivity index (χ0v) is 16.7. The lowest BCUT2D eigenvalue weighted by atomic mass is 10.0. The number of carbonyl (C=O) groups is 2. The molecule has 0 radical (unpaired) electrons. The molecule has 28 heavy (non-hydrogen) atoms. The molecule has 148 valence electrons. The first-order chi connectivity index (χ1) is 13.5. The van der Waals surface area contributed by atoms with Crippen LogP contribution in [-0.4, -0.2) is 47.9 Å². The van der Waals surface area contributed by atoms with E-state index in [9.17, 15) is 9.59 Å². The Kier molecular flexibility index (Phi) is 6.29. The van der Waals surface area contributed by atoms with Gasteiger partial charge in [-0.15, -0.1) is 0 Å². The summed E-state index contributed by atoms with van der Waals surface area (Å²) in [7, 11) is 1.49. The fraction of sp³-hybridized carbons (Fsp3) is 0.409. The highest BCUT2D eigenvalue weighted by Gasteiger charge is 2.36. The minimum absolute atomic E-state index is 0.0458. The third-order valence-electron chi connectivity index (χ3n) is 5.10. The number of amides is 2. The van der Waals surface area contributed by atoms with Crippen molar-refractivity contribution < 1.29 is 14.3 Å². The molecule has 1 atom stereocenters. The van der Waals surface area contributed by atoms with Crippen LogP contribution < -0.4 is 9.64 Å². The van der Waals surface area contributed by atoms with E-state index in [2.05, 4.69) is 11.9 Å². The summed E-state index contributed by atoms with van der Waals surface area (Å²) in [6.45, 7) is 4.69. The molecule has 2 heterocycles. The SMILES string of the molecule is CCCC[C@H]1CN(c2cccc(C)c2)C(=O)CN1C(=O)c1cccnc1OC. The molecule has 3 rings (SSSR count). The van der Waals surface area contributed by atoms with E-state index in [1.165, 1.54) is 7.11 Å². The zero-order chi connectivity index (χ0) is 20.1. The van der Waals surface area contributed by atoms with Crippen molar-refractivity contribution in [2.75, 3.05) is 25.1 Å². The molecule has 0 saturated carbocycles. The number of nitrogens with zero attached hydrogens (tertiary/aromatic N) is 3. The van der Waals surface area contributed by atoms with Gasteiger partial charge in [0.05, 0.1) is 13.2 Å². The maximum atomic E-state index is 13.2. The Morgan fingerprint density at radius 3 is 2.82 bits per heavy atom. The Labute approximate surface area is 166 Å². The minimum Gasteiger partial charge on any atom is -0.480 e. The number of rotatable bonds is 6. The van der Waals surface area contributed by atoms with Gasteiger partial charge in [-0.1, -0.05) is 31.9 Å². The topological polar surface area (TPSA) is 62.7 Å². The van der Waals surface area contributed by atoms with Gasteiger partial charge in [-0.25, -0.2) is 4.98 Å². The molecule has 1 aliphatic heterocycles. The number of piperazine rings is 1. The van der Waals surface area contributed by atoms with Gasteiger partial charge in [0.1, 0.15) is 12.1 Å². The fourth-order valence-electron chi connectivity index (χ4n) is 3.61. The molecule has 0 spiro atoms. The normalized spacial score (nSPS) is 17.0. The second kappa shape index (κ2) is 8.87. The quantitative estimate of drug-likeness (QED) is 0.769. The van der Waals surface area contributed by atoms with Crippen LogP contribution in [0.1, 0.15) is 42.1 Å². The van der Waals surface area contributed by atoms with Crippen LogP contribution in [0.25, 0.3) is 0 Å². The maximum absolute atomic E-state index is 13.2. The molecule has 1 saturated heterocycles. The molecular formula is C22H27N3O3. The number of anilines is 1. The van der Waals surface area contributed by atoms with Crippen molar-refractivity contribution >= 4 is 17.5 Å². The van der Waals surface area contributed by atoms with Crippen molar-refractivity contribution in [2.45, 2.75) is 39.2 Å². The van der Waals surface area contributed by atoms with Crippen molar-refractivity contribution in [1.82, 2.24) is 9.88 Å². The summed E-state index contributed by atoms with van der Waals surface area (Å²) in [5.41, 5.74) is 2.38. The highest BCUT2D eigenvalue weighted by Crippen LogP contribution is 2.26. The van der Waals surface area contributed by atoms with E-state index < -0.39 is 0 Å². The second-order valence-corrected chi connectivity index (χ2v) is 7.13. The summed E-state index contributed by atoms with van der Waals surface area (Å²) < 4.78 is 5.25. The largest absolute Gasteiger partial charge is 0.480 e. The van der Waals surface area contributed by atoms with E-state index in [0.717, 1.165) is 30.5 Å². The molecule has 0 bridgehead atoms. The highest BCUT2D eigenvalue weighted by molar-refractivity contribution is 6.03. The fourth-order valence-corrected chi connectivity index (χ4v) is 3.61. The smallest absolute Gasteiger partial charge is 0.260 e. The van der Waals surface area contributed by atoms with Gasteiger partial charge in [-0.05, 0) is 43.2 Å². The Morgan fingerprint density at radius 1 is 1.29 bits per heavy atom. The lowest BCUT2D eigenvalue weighted by Gasteiger charge is -2.41. The second-order valence-electron chi connectivity index (χ2n) is 7.13. The first-order valence-electron chi connectivity index (χ1n) is 9.72. The number of aryl methyl sites for hydroxylation is 1. The van der Waals surface area contributed by atoms with Crippen molar-refractivity contribution in [3.8, 4) is 5.88 Å². The lowest BCUT2D eigenvalue weighted by molar-refractivity contribution is -0.121. The van der Waals surface area contributed by atoms with Crippen molar-refractivity contribution in [2.24, 2.45) is 0 Å². The molecule has 0 N–H and O–H groups in total. The summed E-state index contributed by atoms with van der Waals surface area (Å²) in [6, 6.07) is 11.3. The van der Waals surface area contributed by atoms with Gasteiger partial charge in [-0.2, -0.15) is 0 Å². The highest BCUT2D eigenvalue weighted by atomic mass is 16.5. The van der Waals surface area contributed by atoms with E-state index in [1.807, 2.05) is 31.2 Å². The van der Waals surface area contributed by atoms with Crippen LogP contribution in [0.15, 0.2) is 42.6 Å². The monoisotopic (exact) mass is 381 g/mol. The van der Waals surface area contributed by atoms with Crippen molar-refractivity contribution in [3.63, 3.8) is 0 Å². The van der Waals surface area contributed by atoms with Gasteiger partial charge < -0.3 is 14.5 Å². The predicted octanol–water partition coefficient (Wildman–Crippen LogP) is 3.45. The van der Waals surface area contributed by atoms with Gasteiger partial charge in [0.25, 0.3) is 5.91 Å². The number of methoxy groups -OCH3 is 1. The third kappa shape index (κ3) is 4.16. The number of pyridine rings is 1. The summed E-state index contributed by atoms with van der Waals surface area (Å²) in [5.74, 6) is 0.00755. The first kappa shape index (κ1) is 19.9. The van der Waals surface area contributed by atoms with Gasteiger partial charge in [0.15, 0.2) is 0 Å². The van der Waals surface area contributed by atoms with Crippen LogP contribution in [0, 0.1) is 6.92 Å². The number of hydrogen-bond acceptors (Lipinski definition) is 4. The van der Waals surface area contributed by atoms with Gasteiger partial charge in [0, 0.05) is 18.4 Å². The minimum atomic E-state index is -0.205. The molecule has 1 aliphatic rings. The molecule has 0 unspecified atom stereocenters. The molecule has 1 aromatic carbocycles. The summed E-state index contributed by atoms with van der Waals surface area (Å²) in [6.07, 6.45) is 4.47. The van der Waals surface area contributed by atoms with Crippen LogP contribution in [0.2, 0.25) is 0 Å². The number of benzene rings is 1. The average Bonchev–Trinajstić information content (AvgIpc) is 2.72. The van der Waals surface area contributed by atoms with Gasteiger partial charge >= 0.3 is 0 Å². The molecule has 1 aromatic heterocycles. The van der Waals surface area contributed by atoms with Crippen LogP contribution in [0.4, 0.5) is 5.69 Å². The maximum Gasteiger partial charge on any atom is 0.260 e. The summed E-state index contributed by atoms with van der Waals surface area (Å²) >= 11 is 0. The molecule has 2 amide bonds. The van der Waals surface area contributed by atoms with Crippen LogP contribution in [0.5, 0.6) is 5.88 Å². The predicted molar refractivity (Wildman–Crippen MR) is 109 cm³/mol. The first-order valence-corrected chi connectivity index (χ1v) is 9.72. The van der Waals surface area contributed by atoms with E-state index in [-0.39, 0.29) is 30.3 Å². The molecule has 0 aliphatic carbocycles. The average molecular weight is 381 g/mol. The van der Waals surface area contributed by atoms with Gasteiger partial charge in [0.2, 0.25) is 11.8 Å². The molecular weight excluding hydrogens is 354 g/mol. The Morgan fingerprint density at radius 2 is 2.11 bits per heavy atom. The number of carbonyl (C=O) groups excluding carboxylic acids is 2. The van der Waals surface area contributed by atoms with Crippen molar-refractivity contribution in [1.29, 1.82) is 0 Å². The van der Waals surface area contributed by atoms with Crippen molar-refractivity contribution in [3.05, 3.63) is 53.7 Å². The summed E-state index contributed by atoms with van der Waals surface area (Å²) in [4.78, 5) is 33.8.